The second-order valence-electron chi connectivity index (χ2n) is 10.8. The molecule has 1 aliphatic heterocycles. The minimum Gasteiger partial charge on any atom is -0.460 e. The number of piperidine rings is 1. The van der Waals surface area contributed by atoms with Crippen molar-refractivity contribution in [2.75, 3.05) is 6.61 Å². The Morgan fingerprint density at radius 1 is 0.939 bits per heavy atom. The SMILES string of the molecule is CC(C)(C)OC(=O)[C@@H]1CCC(=O)N[C@H]1CO[Si](c1ccccc1)(c1ccccc1)C(C)(C)C. The number of ether oxygens (including phenoxy) is 1. The monoisotopic (exact) mass is 467 g/mol. The molecule has 0 aliphatic carbocycles. The molecule has 3 rings (SSSR count). The van der Waals surface area contributed by atoms with E-state index in [1.165, 1.54) is 10.4 Å². The van der Waals surface area contributed by atoms with Crippen molar-refractivity contribution in [2.24, 2.45) is 5.92 Å². The van der Waals surface area contributed by atoms with Crippen LogP contribution in [-0.2, 0) is 18.8 Å². The van der Waals surface area contributed by atoms with Gasteiger partial charge in [0.1, 0.15) is 5.60 Å². The first-order valence-electron chi connectivity index (χ1n) is 11.7. The molecule has 0 aromatic heterocycles. The molecular weight excluding hydrogens is 430 g/mol. The topological polar surface area (TPSA) is 64.6 Å². The number of hydrogen-bond acceptors (Lipinski definition) is 4. The molecule has 0 spiro atoms. The van der Waals surface area contributed by atoms with Gasteiger partial charge in [0, 0.05) is 6.42 Å². The van der Waals surface area contributed by atoms with Crippen LogP contribution in [0.3, 0.4) is 0 Å². The molecule has 1 fully saturated rings. The van der Waals surface area contributed by atoms with Crippen molar-refractivity contribution in [3.8, 4) is 0 Å². The first kappa shape index (κ1) is 25.2. The predicted octanol–water partition coefficient (Wildman–Crippen LogP) is 3.80. The molecule has 33 heavy (non-hydrogen) atoms. The molecule has 2 aromatic carbocycles. The number of carbonyl (C=O) groups excluding carboxylic acids is 2. The number of benzene rings is 2. The van der Waals surface area contributed by atoms with E-state index in [1.807, 2.05) is 57.2 Å². The van der Waals surface area contributed by atoms with E-state index in [9.17, 15) is 9.59 Å². The first-order valence-corrected chi connectivity index (χ1v) is 13.6. The van der Waals surface area contributed by atoms with Crippen molar-refractivity contribution in [3.63, 3.8) is 0 Å². The van der Waals surface area contributed by atoms with Crippen LogP contribution in [0.2, 0.25) is 5.04 Å². The summed E-state index contributed by atoms with van der Waals surface area (Å²) in [6.45, 7) is 12.5. The van der Waals surface area contributed by atoms with Gasteiger partial charge in [-0.25, -0.2) is 0 Å². The molecule has 178 valence electrons. The third kappa shape index (κ3) is 5.74. The van der Waals surface area contributed by atoms with E-state index in [0.717, 1.165) is 0 Å². The van der Waals surface area contributed by atoms with Crippen LogP contribution in [0.4, 0.5) is 0 Å². The normalized spacial score (nSPS) is 19.6. The zero-order valence-electron chi connectivity index (χ0n) is 20.7. The van der Waals surface area contributed by atoms with E-state index in [-0.39, 0.29) is 23.5 Å². The Bertz CT molecular complexity index is 908. The molecule has 1 N–H and O–H groups in total. The highest BCUT2D eigenvalue weighted by atomic mass is 28.4. The summed E-state index contributed by atoms with van der Waals surface area (Å²) in [5.41, 5.74) is -0.581. The zero-order valence-corrected chi connectivity index (χ0v) is 21.7. The van der Waals surface area contributed by atoms with Crippen LogP contribution in [0, 0.1) is 5.92 Å². The van der Waals surface area contributed by atoms with E-state index in [4.69, 9.17) is 9.16 Å². The maximum Gasteiger partial charge on any atom is 0.311 e. The molecule has 1 aliphatic rings. The smallest absolute Gasteiger partial charge is 0.311 e. The van der Waals surface area contributed by atoms with Crippen LogP contribution in [0.15, 0.2) is 60.7 Å². The maximum absolute atomic E-state index is 13.0. The van der Waals surface area contributed by atoms with Crippen LogP contribution in [-0.4, -0.2) is 38.4 Å². The number of hydrogen-bond donors (Lipinski definition) is 1. The van der Waals surface area contributed by atoms with Crippen molar-refractivity contribution in [2.45, 2.75) is 71.1 Å². The third-order valence-electron chi connectivity index (χ3n) is 6.12. The molecule has 0 unspecified atom stereocenters. The summed E-state index contributed by atoms with van der Waals surface area (Å²) in [6.07, 6.45) is 0.787. The van der Waals surface area contributed by atoms with Crippen LogP contribution in [0.1, 0.15) is 54.4 Å². The molecule has 6 heteroatoms. The minimum atomic E-state index is -2.77. The summed E-state index contributed by atoms with van der Waals surface area (Å²) < 4.78 is 12.7. The van der Waals surface area contributed by atoms with Crippen molar-refractivity contribution >= 4 is 30.6 Å². The number of rotatable bonds is 6. The number of nitrogens with one attached hydrogen (secondary N) is 1. The predicted molar refractivity (Wildman–Crippen MR) is 134 cm³/mol. The van der Waals surface area contributed by atoms with Gasteiger partial charge in [0.05, 0.1) is 18.6 Å². The van der Waals surface area contributed by atoms with Gasteiger partial charge in [-0.2, -0.15) is 0 Å². The van der Waals surface area contributed by atoms with Gasteiger partial charge in [0.25, 0.3) is 8.32 Å². The molecule has 0 bridgehead atoms. The average molecular weight is 468 g/mol. The standard InChI is InChI=1S/C27H37NO4Si/c1-26(2,3)32-25(30)22-17-18-24(29)28-23(22)19-31-33(27(4,5)6,20-13-9-7-10-14-20)21-15-11-8-12-16-21/h7-16,22-23H,17-19H2,1-6H3,(H,28,29)/t22-,23+/m1/s1. The molecule has 1 heterocycles. The lowest BCUT2D eigenvalue weighted by Crippen LogP contribution is -2.68. The summed E-state index contributed by atoms with van der Waals surface area (Å²) in [5.74, 6) is -0.760. The lowest BCUT2D eigenvalue weighted by atomic mass is 9.91. The van der Waals surface area contributed by atoms with Crippen molar-refractivity contribution in [3.05, 3.63) is 60.7 Å². The van der Waals surface area contributed by atoms with Crippen molar-refractivity contribution in [1.82, 2.24) is 5.32 Å². The van der Waals surface area contributed by atoms with Crippen molar-refractivity contribution in [1.29, 1.82) is 0 Å². The minimum absolute atomic E-state index is 0.0501. The molecule has 1 saturated heterocycles. The largest absolute Gasteiger partial charge is 0.460 e. The van der Waals surface area contributed by atoms with Crippen LogP contribution < -0.4 is 15.7 Å². The molecular formula is C27H37NO4Si. The quantitative estimate of drug-likeness (QED) is 0.518. The van der Waals surface area contributed by atoms with E-state index >= 15 is 0 Å². The van der Waals surface area contributed by atoms with E-state index in [0.29, 0.717) is 12.8 Å². The Labute approximate surface area is 199 Å². The molecule has 1 amide bonds. The zero-order chi connectivity index (χ0) is 24.3. The van der Waals surface area contributed by atoms with Crippen LogP contribution in [0.25, 0.3) is 0 Å². The van der Waals surface area contributed by atoms with E-state index in [1.54, 1.807) is 0 Å². The molecule has 0 radical (unpaired) electrons. The summed E-state index contributed by atoms with van der Waals surface area (Å²) in [4.78, 5) is 25.3. The van der Waals surface area contributed by atoms with Gasteiger partial charge in [0.15, 0.2) is 0 Å². The van der Waals surface area contributed by atoms with Crippen LogP contribution >= 0.6 is 0 Å². The van der Waals surface area contributed by atoms with Crippen molar-refractivity contribution < 1.29 is 18.8 Å². The Morgan fingerprint density at radius 2 is 1.45 bits per heavy atom. The second kappa shape index (κ2) is 9.81. The summed E-state index contributed by atoms with van der Waals surface area (Å²) in [5, 5.41) is 5.17. The van der Waals surface area contributed by atoms with E-state index < -0.39 is 25.9 Å². The van der Waals surface area contributed by atoms with Gasteiger partial charge >= 0.3 is 5.97 Å². The van der Waals surface area contributed by atoms with Gasteiger partial charge in [0.2, 0.25) is 5.91 Å². The third-order valence-corrected chi connectivity index (χ3v) is 11.1. The highest BCUT2D eigenvalue weighted by Crippen LogP contribution is 2.37. The molecule has 5 nitrogen and oxygen atoms in total. The van der Waals surface area contributed by atoms with Gasteiger partial charge in [-0.15, -0.1) is 0 Å². The molecule has 2 aromatic rings. The number of esters is 1. The molecule has 0 saturated carbocycles. The Balaban J connectivity index is 1.99. The fraction of sp³-hybridized carbons (Fsp3) is 0.481. The Kier molecular flexibility index (Phi) is 7.49. The highest BCUT2D eigenvalue weighted by Gasteiger charge is 2.51. The first-order chi connectivity index (χ1) is 15.4. The fourth-order valence-corrected chi connectivity index (χ4v) is 9.25. The van der Waals surface area contributed by atoms with Gasteiger partial charge in [-0.1, -0.05) is 81.4 Å². The Hall–Kier alpha value is -2.44. The highest BCUT2D eigenvalue weighted by molar-refractivity contribution is 6.99. The molecule has 2 atom stereocenters. The van der Waals surface area contributed by atoms with Gasteiger partial charge < -0.3 is 14.5 Å². The number of carbonyl (C=O) groups is 2. The Morgan fingerprint density at radius 3 is 1.91 bits per heavy atom. The maximum atomic E-state index is 13.0. The summed E-state index contributed by atoms with van der Waals surface area (Å²) in [6, 6.07) is 20.3. The van der Waals surface area contributed by atoms with Crippen LogP contribution in [0.5, 0.6) is 0 Å². The summed E-state index contributed by atoms with van der Waals surface area (Å²) in [7, 11) is -2.77. The summed E-state index contributed by atoms with van der Waals surface area (Å²) >= 11 is 0. The second-order valence-corrected chi connectivity index (χ2v) is 15.1. The fourth-order valence-electron chi connectivity index (χ4n) is 4.66. The average Bonchev–Trinajstić information content (AvgIpc) is 2.73. The van der Waals surface area contributed by atoms with Gasteiger partial charge in [-0.3, -0.25) is 9.59 Å². The lowest BCUT2D eigenvalue weighted by Gasteiger charge is -2.44. The number of amides is 1. The van der Waals surface area contributed by atoms with Gasteiger partial charge in [-0.05, 0) is 42.6 Å². The van der Waals surface area contributed by atoms with E-state index in [2.05, 4.69) is 50.4 Å². The lowest BCUT2D eigenvalue weighted by molar-refractivity contribution is -0.163.